The summed E-state index contributed by atoms with van der Waals surface area (Å²) < 4.78 is 5.11. The number of aryl methyl sites for hydroxylation is 2. The first kappa shape index (κ1) is 18.5. The molecule has 1 aliphatic heterocycles. The number of nitrogens with one attached hydrogen (secondary N) is 1. The fraction of sp³-hybridized carbons (Fsp3) is 0.400. The van der Waals surface area contributed by atoms with Crippen molar-refractivity contribution in [2.45, 2.75) is 33.1 Å². The molecule has 1 aliphatic rings. The van der Waals surface area contributed by atoms with E-state index < -0.39 is 0 Å². The molecule has 1 amide bonds. The van der Waals surface area contributed by atoms with E-state index >= 15 is 0 Å². The number of nitrogens with zero attached hydrogens (tertiary/aromatic N) is 1. The molecule has 2 aromatic rings. The van der Waals surface area contributed by atoms with Crippen LogP contribution < -0.4 is 10.2 Å². The van der Waals surface area contributed by atoms with Gasteiger partial charge in [-0.1, -0.05) is 25.1 Å². The average molecular weight is 372 g/mol. The highest BCUT2D eigenvalue weighted by atomic mass is 32.1. The molecule has 0 spiro atoms. The topological polar surface area (TPSA) is 58.6 Å². The van der Waals surface area contributed by atoms with Crippen molar-refractivity contribution in [3.8, 4) is 0 Å². The normalized spacial score (nSPS) is 13.2. The van der Waals surface area contributed by atoms with Crippen molar-refractivity contribution in [3.63, 3.8) is 0 Å². The molecule has 0 saturated heterocycles. The molecule has 1 aromatic heterocycles. The molecule has 0 saturated carbocycles. The van der Waals surface area contributed by atoms with E-state index in [-0.39, 0.29) is 18.4 Å². The highest BCUT2D eigenvalue weighted by Gasteiger charge is 2.22. The molecule has 1 N–H and O–H groups in total. The van der Waals surface area contributed by atoms with Crippen LogP contribution in [-0.2, 0) is 22.4 Å². The Kier molecular flexibility index (Phi) is 5.93. The smallest absolute Gasteiger partial charge is 0.341 e. The summed E-state index contributed by atoms with van der Waals surface area (Å²) in [6.07, 6.45) is 2.90. The van der Waals surface area contributed by atoms with E-state index in [9.17, 15) is 9.59 Å². The molecule has 0 radical (unpaired) electrons. The minimum atomic E-state index is -0.387. The number of anilines is 2. The highest BCUT2D eigenvalue weighted by Crippen LogP contribution is 2.30. The van der Waals surface area contributed by atoms with E-state index in [4.69, 9.17) is 4.74 Å². The van der Waals surface area contributed by atoms with Crippen LogP contribution in [-0.4, -0.2) is 31.6 Å². The van der Waals surface area contributed by atoms with Gasteiger partial charge in [0.2, 0.25) is 5.91 Å². The fourth-order valence-corrected chi connectivity index (χ4v) is 4.19. The molecule has 2 heterocycles. The van der Waals surface area contributed by atoms with Crippen molar-refractivity contribution in [3.05, 3.63) is 46.3 Å². The predicted molar refractivity (Wildman–Crippen MR) is 105 cm³/mol. The zero-order valence-corrected chi connectivity index (χ0v) is 16.0. The van der Waals surface area contributed by atoms with Gasteiger partial charge in [-0.2, -0.15) is 0 Å². The number of hydrogen-bond donors (Lipinski definition) is 1. The maximum absolute atomic E-state index is 12.6. The largest absolute Gasteiger partial charge is 0.462 e. The Hall–Kier alpha value is -2.34. The number of fused-ring (bicyclic) bond motifs is 1. The quantitative estimate of drug-likeness (QED) is 0.782. The lowest BCUT2D eigenvalue weighted by atomic mass is 10.0. The Labute approximate surface area is 158 Å². The molecule has 5 nitrogen and oxygen atoms in total. The maximum atomic E-state index is 12.6. The summed E-state index contributed by atoms with van der Waals surface area (Å²) in [6, 6.07) is 10.0. The summed E-state index contributed by atoms with van der Waals surface area (Å²) in [7, 11) is 0. The molecular formula is C20H24N2O3S. The number of thiophene rings is 1. The lowest BCUT2D eigenvalue weighted by Gasteiger charge is -2.30. The van der Waals surface area contributed by atoms with Gasteiger partial charge in [-0.05, 0) is 43.9 Å². The van der Waals surface area contributed by atoms with Gasteiger partial charge in [0.1, 0.15) is 5.00 Å². The first-order valence-corrected chi connectivity index (χ1v) is 9.86. The van der Waals surface area contributed by atoms with E-state index in [0.29, 0.717) is 17.2 Å². The van der Waals surface area contributed by atoms with Crippen LogP contribution in [0.2, 0.25) is 0 Å². The first-order chi connectivity index (χ1) is 12.6. The molecule has 1 aromatic carbocycles. The van der Waals surface area contributed by atoms with Crippen molar-refractivity contribution in [2.75, 3.05) is 29.9 Å². The summed E-state index contributed by atoms with van der Waals surface area (Å²) in [6.45, 7) is 5.25. The highest BCUT2D eigenvalue weighted by molar-refractivity contribution is 7.16. The minimum absolute atomic E-state index is 0.114. The predicted octanol–water partition coefficient (Wildman–Crippen LogP) is 3.88. The molecule has 0 bridgehead atoms. The number of benzene rings is 1. The van der Waals surface area contributed by atoms with E-state index in [1.807, 2.05) is 25.1 Å². The van der Waals surface area contributed by atoms with Gasteiger partial charge >= 0.3 is 5.97 Å². The van der Waals surface area contributed by atoms with Crippen LogP contribution in [0.3, 0.4) is 0 Å². The van der Waals surface area contributed by atoms with Crippen LogP contribution in [0, 0.1) is 0 Å². The molecule has 3 rings (SSSR count). The van der Waals surface area contributed by atoms with Crippen molar-refractivity contribution in [1.82, 2.24) is 0 Å². The molecule has 0 aliphatic carbocycles. The summed E-state index contributed by atoms with van der Waals surface area (Å²) in [5.74, 6) is -0.501. The van der Waals surface area contributed by atoms with Gasteiger partial charge in [0.25, 0.3) is 0 Å². The van der Waals surface area contributed by atoms with Crippen LogP contribution in [0.5, 0.6) is 0 Å². The number of hydrogen-bond acceptors (Lipinski definition) is 5. The zero-order chi connectivity index (χ0) is 18.5. The van der Waals surface area contributed by atoms with Crippen LogP contribution in [0.15, 0.2) is 30.3 Å². The second-order valence-electron chi connectivity index (χ2n) is 6.23. The molecule has 0 unspecified atom stereocenters. The van der Waals surface area contributed by atoms with E-state index in [0.717, 1.165) is 36.4 Å². The minimum Gasteiger partial charge on any atom is -0.462 e. The monoisotopic (exact) mass is 372 g/mol. The van der Waals surface area contributed by atoms with Crippen molar-refractivity contribution in [2.24, 2.45) is 0 Å². The van der Waals surface area contributed by atoms with Gasteiger partial charge in [-0.15, -0.1) is 11.3 Å². The SMILES string of the molecule is CCOC(=O)c1cc(CC)sc1NC(=O)CN1CCCc2ccccc21. The third-order valence-corrected chi connectivity index (χ3v) is 5.62. The van der Waals surface area contributed by atoms with Crippen LogP contribution in [0.4, 0.5) is 10.7 Å². The third kappa shape index (κ3) is 4.07. The van der Waals surface area contributed by atoms with Gasteiger partial charge < -0.3 is 15.0 Å². The standard InChI is InChI=1S/C20H24N2O3S/c1-3-15-12-16(20(24)25-4-2)19(26-15)21-18(23)13-22-11-7-9-14-8-5-6-10-17(14)22/h5-6,8,10,12H,3-4,7,9,11,13H2,1-2H3,(H,21,23). The van der Waals surface area contributed by atoms with Crippen LogP contribution in [0.1, 0.15) is 41.1 Å². The lowest BCUT2D eigenvalue weighted by molar-refractivity contribution is -0.115. The Bertz CT molecular complexity index is 800. The Morgan fingerprint density at radius 1 is 1.27 bits per heavy atom. The number of amides is 1. The van der Waals surface area contributed by atoms with Gasteiger partial charge in [0, 0.05) is 17.1 Å². The van der Waals surface area contributed by atoms with E-state index in [2.05, 4.69) is 22.3 Å². The molecule has 138 valence electrons. The van der Waals surface area contributed by atoms with E-state index in [1.165, 1.54) is 16.9 Å². The number of ether oxygens (including phenoxy) is 1. The number of carbonyl (C=O) groups is 2. The lowest BCUT2D eigenvalue weighted by Crippen LogP contribution is -2.36. The van der Waals surface area contributed by atoms with Crippen molar-refractivity contribution >= 4 is 33.9 Å². The zero-order valence-electron chi connectivity index (χ0n) is 15.2. The Morgan fingerprint density at radius 2 is 2.08 bits per heavy atom. The Morgan fingerprint density at radius 3 is 2.85 bits per heavy atom. The van der Waals surface area contributed by atoms with Crippen LogP contribution >= 0.6 is 11.3 Å². The first-order valence-electron chi connectivity index (χ1n) is 9.04. The number of para-hydroxylation sites is 1. The van der Waals surface area contributed by atoms with Gasteiger partial charge in [-0.3, -0.25) is 4.79 Å². The number of carbonyl (C=O) groups excluding carboxylic acids is 2. The van der Waals surface area contributed by atoms with Crippen molar-refractivity contribution in [1.29, 1.82) is 0 Å². The van der Waals surface area contributed by atoms with Crippen LogP contribution in [0.25, 0.3) is 0 Å². The summed E-state index contributed by atoms with van der Waals surface area (Å²) in [4.78, 5) is 27.9. The second-order valence-corrected chi connectivity index (χ2v) is 7.37. The molecule has 0 atom stereocenters. The molecule has 6 heteroatoms. The average Bonchev–Trinajstić information content (AvgIpc) is 3.05. The number of esters is 1. The van der Waals surface area contributed by atoms with Crippen molar-refractivity contribution < 1.29 is 14.3 Å². The van der Waals surface area contributed by atoms with Gasteiger partial charge in [0.15, 0.2) is 0 Å². The number of rotatable bonds is 6. The second kappa shape index (κ2) is 8.36. The summed E-state index contributed by atoms with van der Waals surface area (Å²) >= 11 is 1.44. The maximum Gasteiger partial charge on any atom is 0.341 e. The van der Waals surface area contributed by atoms with Gasteiger partial charge in [0.05, 0.1) is 18.7 Å². The molecule has 0 fully saturated rings. The third-order valence-electron chi connectivity index (χ3n) is 4.42. The molecular weight excluding hydrogens is 348 g/mol. The molecule has 26 heavy (non-hydrogen) atoms. The summed E-state index contributed by atoms with van der Waals surface area (Å²) in [5.41, 5.74) is 2.85. The van der Waals surface area contributed by atoms with E-state index in [1.54, 1.807) is 6.92 Å². The van der Waals surface area contributed by atoms with Gasteiger partial charge in [-0.25, -0.2) is 4.79 Å². The summed E-state index contributed by atoms with van der Waals surface area (Å²) in [5, 5.41) is 3.50. The fourth-order valence-electron chi connectivity index (χ4n) is 3.18. The Balaban J connectivity index is 1.73.